The number of aromatic nitrogens is 1. The van der Waals surface area contributed by atoms with Crippen molar-refractivity contribution in [3.63, 3.8) is 0 Å². The zero-order valence-corrected chi connectivity index (χ0v) is 14.3. The van der Waals surface area contributed by atoms with E-state index < -0.39 is 0 Å². The number of thiazole rings is 1. The summed E-state index contributed by atoms with van der Waals surface area (Å²) < 4.78 is 1.61. The molecule has 0 aliphatic heterocycles. The Bertz CT molecular complexity index is 737. The molecule has 2 aromatic rings. The lowest BCUT2D eigenvalue weighted by atomic mass is 10.2. The van der Waals surface area contributed by atoms with Crippen LogP contribution in [0.15, 0.2) is 28.4 Å². The third-order valence-corrected chi connectivity index (χ3v) is 4.37. The second-order valence-electron chi connectivity index (χ2n) is 5.15. The highest BCUT2D eigenvalue weighted by atomic mass is 35.5. The monoisotopic (exact) mass is 339 g/mol. The van der Waals surface area contributed by atoms with Crippen LogP contribution < -0.4 is 15.1 Å². The summed E-state index contributed by atoms with van der Waals surface area (Å²) in [6, 6.07) is 5.35. The Morgan fingerprint density at radius 2 is 2.14 bits per heavy atom. The van der Waals surface area contributed by atoms with E-state index in [4.69, 9.17) is 11.6 Å². The summed E-state index contributed by atoms with van der Waals surface area (Å²) in [5.41, 5.74) is 2.41. The Hall–Kier alpha value is -1.79. The highest BCUT2D eigenvalue weighted by Crippen LogP contribution is 2.27. The number of carbonyl (C=O) groups excluding carboxylic acids is 1. The second kappa shape index (κ2) is 6.98. The van der Waals surface area contributed by atoms with Gasteiger partial charge in [0.25, 0.3) is 0 Å². The molecule has 1 N–H and O–H groups in total. The number of hydrogen-bond donors (Lipinski definition) is 1. The largest absolute Gasteiger partial charge is 0.376 e. The first kappa shape index (κ1) is 16.6. The summed E-state index contributed by atoms with van der Waals surface area (Å²) in [6.07, 6.45) is 0.233. The molecule has 0 saturated carbocycles. The smallest absolute Gasteiger partial charge is 0.307 e. The van der Waals surface area contributed by atoms with E-state index in [2.05, 4.69) is 5.32 Å². The van der Waals surface area contributed by atoms with Crippen LogP contribution in [0.4, 0.5) is 11.4 Å². The molecule has 1 amide bonds. The van der Waals surface area contributed by atoms with Crippen LogP contribution in [0, 0.1) is 6.92 Å². The fraction of sp³-hybridized carbons (Fsp3) is 0.333. The molecule has 1 heterocycles. The molecule has 0 unspecified atom stereocenters. The first-order valence-corrected chi connectivity index (χ1v) is 8.06. The van der Waals surface area contributed by atoms with Crippen molar-refractivity contribution in [3.05, 3.63) is 44.0 Å². The molecule has 0 spiro atoms. The van der Waals surface area contributed by atoms with Gasteiger partial charge in [-0.15, -0.1) is 0 Å². The first-order valence-electron chi connectivity index (χ1n) is 6.80. The van der Waals surface area contributed by atoms with E-state index in [-0.39, 0.29) is 17.2 Å². The van der Waals surface area contributed by atoms with Crippen molar-refractivity contribution < 1.29 is 4.79 Å². The normalized spacial score (nSPS) is 10.5. The molecule has 0 atom stereocenters. The molecule has 1 aromatic carbocycles. The number of nitrogens with one attached hydrogen (secondary N) is 1. The highest BCUT2D eigenvalue weighted by Gasteiger charge is 2.11. The number of benzene rings is 1. The van der Waals surface area contributed by atoms with Crippen LogP contribution in [-0.2, 0) is 11.3 Å². The van der Waals surface area contributed by atoms with Gasteiger partial charge in [-0.2, -0.15) is 0 Å². The maximum Gasteiger partial charge on any atom is 0.307 e. The summed E-state index contributed by atoms with van der Waals surface area (Å²) in [5, 5.41) is 5.21. The molecule has 0 saturated heterocycles. The van der Waals surface area contributed by atoms with Crippen LogP contribution in [0.25, 0.3) is 0 Å². The van der Waals surface area contributed by atoms with Gasteiger partial charge in [0.15, 0.2) is 0 Å². The first-order chi connectivity index (χ1) is 10.4. The topological polar surface area (TPSA) is 54.3 Å². The summed E-state index contributed by atoms with van der Waals surface area (Å²) in [7, 11) is 3.79. The molecule has 0 bridgehead atoms. The molecule has 0 fully saturated rings. The molecule has 1 aromatic heterocycles. The van der Waals surface area contributed by atoms with Gasteiger partial charge >= 0.3 is 4.87 Å². The lowest BCUT2D eigenvalue weighted by molar-refractivity contribution is -0.116. The fourth-order valence-corrected chi connectivity index (χ4v) is 3.03. The minimum Gasteiger partial charge on any atom is -0.376 e. The average molecular weight is 340 g/mol. The molecule has 0 aliphatic carbocycles. The van der Waals surface area contributed by atoms with Crippen LogP contribution in [0.1, 0.15) is 12.1 Å². The molecule has 7 heteroatoms. The van der Waals surface area contributed by atoms with Crippen molar-refractivity contribution in [1.29, 1.82) is 0 Å². The van der Waals surface area contributed by atoms with Crippen LogP contribution in [0.2, 0.25) is 5.02 Å². The Balaban J connectivity index is 2.06. The van der Waals surface area contributed by atoms with Gasteiger partial charge in [0.1, 0.15) is 0 Å². The predicted molar refractivity (Wildman–Crippen MR) is 92.3 cm³/mol. The number of aryl methyl sites for hydroxylation is 1. The van der Waals surface area contributed by atoms with E-state index in [0.29, 0.717) is 17.3 Å². The van der Waals surface area contributed by atoms with Gasteiger partial charge in [-0.05, 0) is 25.1 Å². The number of amides is 1. The number of nitrogens with zero attached hydrogens (tertiary/aromatic N) is 2. The van der Waals surface area contributed by atoms with Crippen molar-refractivity contribution in [3.8, 4) is 0 Å². The zero-order valence-electron chi connectivity index (χ0n) is 12.7. The van der Waals surface area contributed by atoms with E-state index in [1.807, 2.05) is 32.0 Å². The zero-order chi connectivity index (χ0) is 16.3. The van der Waals surface area contributed by atoms with Gasteiger partial charge in [-0.1, -0.05) is 22.9 Å². The van der Waals surface area contributed by atoms with Gasteiger partial charge in [0, 0.05) is 43.2 Å². The minimum absolute atomic E-state index is 0.0398. The number of hydrogen-bond acceptors (Lipinski definition) is 4. The van der Waals surface area contributed by atoms with Crippen molar-refractivity contribution >= 4 is 40.2 Å². The molecule has 0 radical (unpaired) electrons. The number of rotatable bonds is 5. The maximum atomic E-state index is 12.1. The van der Waals surface area contributed by atoms with E-state index in [1.54, 1.807) is 22.1 Å². The Kier molecular flexibility index (Phi) is 5.26. The SMILES string of the molecule is Cc1csc(=O)n1CCC(=O)Nc1cc(Cl)ccc1N(C)C. The average Bonchev–Trinajstić information content (AvgIpc) is 2.75. The summed E-state index contributed by atoms with van der Waals surface area (Å²) in [4.78, 5) is 25.6. The summed E-state index contributed by atoms with van der Waals surface area (Å²) >= 11 is 7.14. The number of carbonyl (C=O) groups is 1. The summed E-state index contributed by atoms with van der Waals surface area (Å²) in [5.74, 6) is -0.150. The molecular formula is C15H18ClN3O2S. The molecule has 0 aliphatic rings. The lowest BCUT2D eigenvalue weighted by Gasteiger charge is -2.18. The van der Waals surface area contributed by atoms with E-state index >= 15 is 0 Å². The van der Waals surface area contributed by atoms with Gasteiger partial charge < -0.3 is 14.8 Å². The van der Waals surface area contributed by atoms with Gasteiger partial charge in [-0.3, -0.25) is 9.59 Å². The quantitative estimate of drug-likeness (QED) is 0.911. The molecule has 5 nitrogen and oxygen atoms in total. The number of halogens is 1. The second-order valence-corrected chi connectivity index (χ2v) is 6.41. The van der Waals surface area contributed by atoms with Crippen molar-refractivity contribution in [2.75, 3.05) is 24.3 Å². The maximum absolute atomic E-state index is 12.1. The van der Waals surface area contributed by atoms with Crippen molar-refractivity contribution in [2.24, 2.45) is 0 Å². The molecular weight excluding hydrogens is 322 g/mol. The van der Waals surface area contributed by atoms with Gasteiger partial charge in [0.05, 0.1) is 11.4 Å². The Morgan fingerprint density at radius 1 is 1.41 bits per heavy atom. The summed E-state index contributed by atoms with van der Waals surface area (Å²) in [6.45, 7) is 2.23. The minimum atomic E-state index is -0.150. The third-order valence-electron chi connectivity index (χ3n) is 3.25. The fourth-order valence-electron chi connectivity index (χ4n) is 2.10. The highest BCUT2D eigenvalue weighted by molar-refractivity contribution is 7.07. The predicted octanol–water partition coefficient (Wildman–Crippen LogP) is 2.97. The van der Waals surface area contributed by atoms with E-state index in [9.17, 15) is 9.59 Å². The van der Waals surface area contributed by atoms with Crippen molar-refractivity contribution in [1.82, 2.24) is 4.57 Å². The standard InChI is InChI=1S/C15H18ClN3O2S/c1-10-9-22-15(21)19(10)7-6-14(20)17-12-8-11(16)4-5-13(12)18(2)3/h4-5,8-9H,6-7H2,1-3H3,(H,17,20). The van der Waals surface area contributed by atoms with Crippen LogP contribution in [-0.4, -0.2) is 24.6 Å². The van der Waals surface area contributed by atoms with Gasteiger partial charge in [-0.25, -0.2) is 0 Å². The van der Waals surface area contributed by atoms with Crippen LogP contribution >= 0.6 is 22.9 Å². The number of anilines is 2. The Morgan fingerprint density at radius 3 is 2.73 bits per heavy atom. The van der Waals surface area contributed by atoms with Gasteiger partial charge in [0.2, 0.25) is 5.91 Å². The third kappa shape index (κ3) is 3.90. The van der Waals surface area contributed by atoms with Crippen LogP contribution in [0.3, 0.4) is 0 Å². The molecule has 118 valence electrons. The van der Waals surface area contributed by atoms with E-state index in [0.717, 1.165) is 22.7 Å². The van der Waals surface area contributed by atoms with Crippen molar-refractivity contribution in [2.45, 2.75) is 19.9 Å². The van der Waals surface area contributed by atoms with E-state index in [1.165, 1.54) is 0 Å². The lowest BCUT2D eigenvalue weighted by Crippen LogP contribution is -2.21. The van der Waals surface area contributed by atoms with Crippen LogP contribution in [0.5, 0.6) is 0 Å². The Labute approximate surface area is 138 Å². The molecule has 2 rings (SSSR count). The molecule has 22 heavy (non-hydrogen) atoms.